The summed E-state index contributed by atoms with van der Waals surface area (Å²) >= 11 is 0. The molecule has 24 heavy (non-hydrogen) atoms. The van der Waals surface area contributed by atoms with E-state index < -0.39 is 41.8 Å². The summed E-state index contributed by atoms with van der Waals surface area (Å²) < 4.78 is 55.7. The summed E-state index contributed by atoms with van der Waals surface area (Å²) in [4.78, 5) is 13.9. The Bertz CT molecular complexity index is 629. The quantitative estimate of drug-likeness (QED) is 0.826. The predicted molar refractivity (Wildman–Crippen MR) is 75.9 cm³/mol. The maximum atomic E-state index is 13.9. The number of urea groups is 1. The van der Waals surface area contributed by atoms with Crippen molar-refractivity contribution < 1.29 is 32.2 Å². The zero-order chi connectivity index (χ0) is 17.4. The summed E-state index contributed by atoms with van der Waals surface area (Å²) in [6, 6.07) is 0.175. The predicted octanol–water partition coefficient (Wildman–Crippen LogP) is 3.09. The second kappa shape index (κ2) is 6.46. The number of aliphatic hydroxyl groups is 1. The highest BCUT2D eigenvalue weighted by atomic mass is 19.3. The third-order valence-electron chi connectivity index (χ3n) is 4.42. The molecule has 2 bridgehead atoms. The van der Waals surface area contributed by atoms with Crippen LogP contribution in [0.15, 0.2) is 12.1 Å². The van der Waals surface area contributed by atoms with Crippen LogP contribution in [0.4, 0.5) is 28.0 Å². The lowest BCUT2D eigenvalue weighted by Gasteiger charge is -2.37. The molecule has 9 heteroatoms. The molecule has 5 nitrogen and oxygen atoms in total. The van der Waals surface area contributed by atoms with E-state index in [2.05, 4.69) is 10.1 Å². The lowest BCUT2D eigenvalue weighted by atomic mass is 10.0. The number of alkyl halides is 2. The number of ether oxygens (including phenoxy) is 1. The number of rotatable bonds is 3. The van der Waals surface area contributed by atoms with Crippen LogP contribution in [0.2, 0.25) is 0 Å². The monoisotopic (exact) mass is 348 g/mol. The molecule has 2 unspecified atom stereocenters. The van der Waals surface area contributed by atoms with E-state index in [1.807, 2.05) is 0 Å². The molecule has 2 heterocycles. The van der Waals surface area contributed by atoms with E-state index in [-0.39, 0.29) is 12.1 Å². The number of carbonyl (C=O) groups excluding carboxylic acids is 1. The third-order valence-corrected chi connectivity index (χ3v) is 4.42. The number of nitrogens with zero attached hydrogens (tertiary/aromatic N) is 1. The Morgan fingerprint density at radius 2 is 1.83 bits per heavy atom. The first-order chi connectivity index (χ1) is 11.3. The van der Waals surface area contributed by atoms with Crippen LogP contribution < -0.4 is 10.1 Å². The first-order valence-corrected chi connectivity index (χ1v) is 7.56. The molecule has 3 rings (SSSR count). The number of piperidine rings is 1. The standard InChI is InChI=1S/C15H16F4N2O3/c16-10-6-13(24-14(18)19)11(17)5-12(10)20-15(23)21-7-1-2-8(21)4-9(22)3-7/h5-9,14,22H,1-4H2,(H,20,23). The lowest BCUT2D eigenvalue weighted by molar-refractivity contribution is -0.0523. The Morgan fingerprint density at radius 3 is 2.42 bits per heavy atom. The first-order valence-electron chi connectivity index (χ1n) is 7.56. The summed E-state index contributed by atoms with van der Waals surface area (Å²) in [5.74, 6) is -3.21. The van der Waals surface area contributed by atoms with Gasteiger partial charge in [0.15, 0.2) is 17.4 Å². The molecule has 2 saturated heterocycles. The minimum absolute atomic E-state index is 0.145. The molecule has 2 aliphatic heterocycles. The van der Waals surface area contributed by atoms with Gasteiger partial charge in [-0.1, -0.05) is 0 Å². The molecular formula is C15H16F4N2O3. The van der Waals surface area contributed by atoms with Gasteiger partial charge in [-0.15, -0.1) is 0 Å². The van der Waals surface area contributed by atoms with E-state index in [4.69, 9.17) is 0 Å². The van der Waals surface area contributed by atoms with Crippen molar-refractivity contribution in [1.82, 2.24) is 4.90 Å². The van der Waals surface area contributed by atoms with Crippen molar-refractivity contribution >= 4 is 11.7 Å². The topological polar surface area (TPSA) is 61.8 Å². The fourth-order valence-electron chi connectivity index (χ4n) is 3.47. The molecule has 0 aromatic heterocycles. The van der Waals surface area contributed by atoms with Gasteiger partial charge in [0, 0.05) is 24.2 Å². The second-order valence-electron chi connectivity index (χ2n) is 5.99. The number of halogens is 4. The fourth-order valence-corrected chi connectivity index (χ4v) is 3.47. The molecule has 0 spiro atoms. The zero-order valence-electron chi connectivity index (χ0n) is 12.5. The molecule has 2 aliphatic rings. The Hall–Kier alpha value is -2.03. The van der Waals surface area contributed by atoms with Crippen LogP contribution in [0.5, 0.6) is 5.75 Å². The van der Waals surface area contributed by atoms with Gasteiger partial charge in [-0.25, -0.2) is 13.6 Å². The van der Waals surface area contributed by atoms with Crippen LogP contribution >= 0.6 is 0 Å². The number of hydrogen-bond acceptors (Lipinski definition) is 3. The maximum Gasteiger partial charge on any atom is 0.387 e. The third kappa shape index (κ3) is 3.26. The van der Waals surface area contributed by atoms with Crippen LogP contribution in [-0.2, 0) is 0 Å². The number of fused-ring (bicyclic) bond motifs is 2. The van der Waals surface area contributed by atoms with Crippen molar-refractivity contribution in [3.8, 4) is 5.75 Å². The fraction of sp³-hybridized carbons (Fsp3) is 0.533. The average molecular weight is 348 g/mol. The van der Waals surface area contributed by atoms with Crippen LogP contribution in [0.3, 0.4) is 0 Å². The van der Waals surface area contributed by atoms with E-state index >= 15 is 0 Å². The van der Waals surface area contributed by atoms with Crippen molar-refractivity contribution in [3.05, 3.63) is 23.8 Å². The van der Waals surface area contributed by atoms with Crippen LogP contribution in [0, 0.1) is 11.6 Å². The molecule has 132 valence electrons. The van der Waals surface area contributed by atoms with Gasteiger partial charge < -0.3 is 20.1 Å². The molecule has 2 atom stereocenters. The Kier molecular flexibility index (Phi) is 4.53. The van der Waals surface area contributed by atoms with Crippen molar-refractivity contribution in [2.24, 2.45) is 0 Å². The van der Waals surface area contributed by atoms with E-state index in [0.717, 1.165) is 12.8 Å². The van der Waals surface area contributed by atoms with Gasteiger partial charge >= 0.3 is 12.6 Å². The number of amides is 2. The summed E-state index contributed by atoms with van der Waals surface area (Å²) in [5.41, 5.74) is -0.454. The Labute approximate surface area is 135 Å². The van der Waals surface area contributed by atoms with Crippen LogP contribution in [0.25, 0.3) is 0 Å². The number of hydrogen-bond donors (Lipinski definition) is 2. The molecule has 0 radical (unpaired) electrons. The van der Waals surface area contributed by atoms with Crippen molar-refractivity contribution in [2.75, 3.05) is 5.32 Å². The second-order valence-corrected chi connectivity index (χ2v) is 5.99. The van der Waals surface area contributed by atoms with Gasteiger partial charge in [0.1, 0.15) is 0 Å². The smallest absolute Gasteiger partial charge is 0.387 e. The minimum Gasteiger partial charge on any atom is -0.432 e. The Balaban J connectivity index is 1.74. The molecule has 0 aliphatic carbocycles. The molecule has 2 amide bonds. The summed E-state index contributed by atoms with van der Waals surface area (Å²) in [6.07, 6.45) is 1.91. The van der Waals surface area contributed by atoms with Crippen molar-refractivity contribution in [2.45, 2.75) is 50.5 Å². The SMILES string of the molecule is O=C(Nc1cc(F)c(OC(F)F)cc1F)N1C2CCC1CC(O)C2. The first kappa shape index (κ1) is 16.8. The number of aliphatic hydroxyl groups excluding tert-OH is 1. The number of carbonyl (C=O) groups is 1. The highest BCUT2D eigenvalue weighted by Gasteiger charge is 2.42. The van der Waals surface area contributed by atoms with E-state index in [1.165, 1.54) is 4.90 Å². The minimum atomic E-state index is -3.28. The molecule has 1 aromatic carbocycles. The normalized spacial score (nSPS) is 25.9. The van der Waals surface area contributed by atoms with E-state index in [0.29, 0.717) is 25.0 Å². The summed E-state index contributed by atoms with van der Waals surface area (Å²) in [5, 5.41) is 12.0. The number of anilines is 1. The largest absolute Gasteiger partial charge is 0.432 e. The molecule has 0 saturated carbocycles. The van der Waals surface area contributed by atoms with Gasteiger partial charge in [0.2, 0.25) is 0 Å². The number of nitrogens with one attached hydrogen (secondary N) is 1. The average Bonchev–Trinajstić information content (AvgIpc) is 2.76. The highest BCUT2D eigenvalue weighted by Crippen LogP contribution is 2.36. The van der Waals surface area contributed by atoms with Crippen molar-refractivity contribution in [3.63, 3.8) is 0 Å². The zero-order valence-corrected chi connectivity index (χ0v) is 12.5. The van der Waals surface area contributed by atoms with Gasteiger partial charge in [-0.3, -0.25) is 0 Å². The maximum absolute atomic E-state index is 13.9. The van der Waals surface area contributed by atoms with Crippen LogP contribution in [-0.4, -0.2) is 40.8 Å². The van der Waals surface area contributed by atoms with Crippen LogP contribution in [0.1, 0.15) is 25.7 Å². The molecular weight excluding hydrogens is 332 g/mol. The summed E-state index contributed by atoms with van der Waals surface area (Å²) in [7, 11) is 0. The molecule has 1 aromatic rings. The molecule has 2 N–H and O–H groups in total. The van der Waals surface area contributed by atoms with E-state index in [1.54, 1.807) is 0 Å². The summed E-state index contributed by atoms with van der Waals surface area (Å²) in [6.45, 7) is -3.28. The van der Waals surface area contributed by atoms with Gasteiger partial charge in [-0.2, -0.15) is 8.78 Å². The van der Waals surface area contributed by atoms with Crippen molar-refractivity contribution in [1.29, 1.82) is 0 Å². The highest BCUT2D eigenvalue weighted by molar-refractivity contribution is 5.90. The van der Waals surface area contributed by atoms with Gasteiger partial charge in [-0.05, 0) is 25.7 Å². The van der Waals surface area contributed by atoms with Gasteiger partial charge in [0.05, 0.1) is 11.8 Å². The van der Waals surface area contributed by atoms with E-state index in [9.17, 15) is 27.5 Å². The molecule has 2 fully saturated rings. The van der Waals surface area contributed by atoms with Gasteiger partial charge in [0.25, 0.3) is 0 Å². The lowest BCUT2D eigenvalue weighted by Crippen LogP contribution is -2.49. The number of benzene rings is 1. The Morgan fingerprint density at radius 1 is 1.21 bits per heavy atom.